The first-order valence-corrected chi connectivity index (χ1v) is 6.82. The molecule has 0 aliphatic rings. The maximum atomic E-state index is 5.92. The number of aryl methyl sites for hydroxylation is 1. The summed E-state index contributed by atoms with van der Waals surface area (Å²) in [5.74, 6) is 0. The quantitative estimate of drug-likeness (QED) is 0.541. The first-order chi connectivity index (χ1) is 10.2. The van der Waals surface area contributed by atoms with E-state index in [1.807, 2.05) is 54.2 Å². The van der Waals surface area contributed by atoms with Crippen LogP contribution in [0, 0.1) is 6.92 Å². The van der Waals surface area contributed by atoms with Crippen molar-refractivity contribution in [2.45, 2.75) is 6.92 Å². The number of pyridine rings is 1. The summed E-state index contributed by atoms with van der Waals surface area (Å²) in [7, 11) is 0. The molecule has 0 saturated carbocycles. The van der Waals surface area contributed by atoms with Crippen molar-refractivity contribution >= 4 is 27.5 Å². The Morgan fingerprint density at radius 2 is 1.90 bits per heavy atom. The van der Waals surface area contributed by atoms with Crippen LogP contribution in [0.25, 0.3) is 27.5 Å². The Labute approximate surface area is 121 Å². The molecule has 2 heterocycles. The summed E-state index contributed by atoms with van der Waals surface area (Å²) in [5, 5.41) is 6.68. The van der Waals surface area contributed by atoms with Crippen LogP contribution in [0.4, 0.5) is 5.69 Å². The third-order valence-corrected chi connectivity index (χ3v) is 3.65. The van der Waals surface area contributed by atoms with Crippen molar-refractivity contribution in [2.24, 2.45) is 0 Å². The number of nitrogens with zero attached hydrogens (tertiary/aromatic N) is 3. The molecular weight excluding hydrogens is 260 g/mol. The monoisotopic (exact) mass is 274 g/mol. The molecule has 0 saturated heterocycles. The minimum absolute atomic E-state index is 0.735. The smallest absolute Gasteiger partial charge is 0.0764 e. The predicted octanol–water partition coefficient (Wildman–Crippen LogP) is 3.46. The number of rotatable bonds is 1. The molecule has 0 aliphatic carbocycles. The summed E-state index contributed by atoms with van der Waals surface area (Å²) in [6, 6.07) is 16.0. The minimum Gasteiger partial charge on any atom is -0.399 e. The van der Waals surface area contributed by atoms with Crippen molar-refractivity contribution in [2.75, 3.05) is 5.73 Å². The molecule has 0 radical (unpaired) electrons. The van der Waals surface area contributed by atoms with Gasteiger partial charge in [-0.3, -0.25) is 4.98 Å². The lowest BCUT2D eigenvalue weighted by Gasteiger charge is -2.09. The lowest BCUT2D eigenvalue weighted by atomic mass is 10.1. The van der Waals surface area contributed by atoms with Gasteiger partial charge in [0.05, 0.1) is 22.9 Å². The second-order valence-corrected chi connectivity index (χ2v) is 5.17. The standard InChI is InChI=1S/C17H14N4/c1-11-8-17(14-4-2-3-5-15(14)20-11)21-16-9-13(18)7-6-12(16)10-19-21/h2-10H,18H2,1H3. The Balaban J connectivity index is 2.11. The van der Waals surface area contributed by atoms with Crippen molar-refractivity contribution in [3.8, 4) is 5.69 Å². The van der Waals surface area contributed by atoms with Gasteiger partial charge >= 0.3 is 0 Å². The van der Waals surface area contributed by atoms with Gasteiger partial charge < -0.3 is 5.73 Å². The average molecular weight is 274 g/mol. The van der Waals surface area contributed by atoms with Crippen molar-refractivity contribution in [1.29, 1.82) is 0 Å². The molecule has 4 nitrogen and oxygen atoms in total. The van der Waals surface area contributed by atoms with E-state index in [1.165, 1.54) is 0 Å². The van der Waals surface area contributed by atoms with Gasteiger partial charge in [-0.05, 0) is 37.3 Å². The summed E-state index contributed by atoms with van der Waals surface area (Å²) >= 11 is 0. The number of nitrogens with two attached hydrogens (primary N) is 1. The number of anilines is 1. The average Bonchev–Trinajstić information content (AvgIpc) is 2.89. The van der Waals surface area contributed by atoms with Crippen molar-refractivity contribution in [3.05, 3.63) is 60.4 Å². The highest BCUT2D eigenvalue weighted by molar-refractivity contribution is 5.91. The molecule has 0 atom stereocenters. The van der Waals surface area contributed by atoms with E-state index in [9.17, 15) is 0 Å². The van der Waals surface area contributed by atoms with E-state index in [4.69, 9.17) is 5.73 Å². The normalized spacial score (nSPS) is 11.3. The Hall–Kier alpha value is -2.88. The van der Waals surface area contributed by atoms with Crippen LogP contribution in [0.5, 0.6) is 0 Å². The molecule has 0 bridgehead atoms. The maximum absolute atomic E-state index is 5.92. The molecule has 0 fully saturated rings. The molecule has 2 N–H and O–H groups in total. The first kappa shape index (κ1) is 11.9. The van der Waals surface area contributed by atoms with Gasteiger partial charge in [0.15, 0.2) is 0 Å². The highest BCUT2D eigenvalue weighted by Crippen LogP contribution is 2.26. The van der Waals surface area contributed by atoms with E-state index < -0.39 is 0 Å². The number of hydrogen-bond donors (Lipinski definition) is 1. The fourth-order valence-corrected chi connectivity index (χ4v) is 2.69. The van der Waals surface area contributed by atoms with E-state index in [2.05, 4.69) is 22.2 Å². The summed E-state index contributed by atoms with van der Waals surface area (Å²) in [4.78, 5) is 4.58. The molecule has 21 heavy (non-hydrogen) atoms. The number of hydrogen-bond acceptors (Lipinski definition) is 3. The Morgan fingerprint density at radius 1 is 1.05 bits per heavy atom. The fourth-order valence-electron chi connectivity index (χ4n) is 2.69. The Morgan fingerprint density at radius 3 is 2.81 bits per heavy atom. The summed E-state index contributed by atoms with van der Waals surface area (Å²) < 4.78 is 1.93. The molecule has 4 aromatic rings. The molecule has 2 aromatic carbocycles. The van der Waals surface area contributed by atoms with Crippen molar-refractivity contribution < 1.29 is 0 Å². The van der Waals surface area contributed by atoms with Crippen LogP contribution in [-0.2, 0) is 0 Å². The van der Waals surface area contributed by atoms with Crippen LogP contribution >= 0.6 is 0 Å². The SMILES string of the molecule is Cc1cc(-n2ncc3ccc(N)cc32)c2ccccc2n1. The lowest BCUT2D eigenvalue weighted by Crippen LogP contribution is -2.00. The molecule has 0 spiro atoms. The van der Waals surface area contributed by atoms with E-state index in [-0.39, 0.29) is 0 Å². The molecular formula is C17H14N4. The van der Waals surface area contributed by atoms with Crippen LogP contribution in [0.15, 0.2) is 54.7 Å². The third-order valence-electron chi connectivity index (χ3n) is 3.65. The van der Waals surface area contributed by atoms with Gasteiger partial charge in [-0.1, -0.05) is 18.2 Å². The zero-order valence-electron chi connectivity index (χ0n) is 11.6. The predicted molar refractivity (Wildman–Crippen MR) is 85.5 cm³/mol. The van der Waals surface area contributed by atoms with Crippen molar-refractivity contribution in [1.82, 2.24) is 14.8 Å². The number of para-hydroxylation sites is 1. The van der Waals surface area contributed by atoms with Crippen molar-refractivity contribution in [3.63, 3.8) is 0 Å². The molecule has 0 amide bonds. The highest BCUT2D eigenvalue weighted by Gasteiger charge is 2.10. The molecule has 0 aliphatic heterocycles. The van der Waals surface area contributed by atoms with E-state index >= 15 is 0 Å². The van der Waals surface area contributed by atoms with Gasteiger partial charge in [0, 0.05) is 22.2 Å². The largest absolute Gasteiger partial charge is 0.399 e. The van der Waals surface area contributed by atoms with Crippen LogP contribution in [0.1, 0.15) is 5.69 Å². The van der Waals surface area contributed by atoms with E-state index in [1.54, 1.807) is 0 Å². The van der Waals surface area contributed by atoms with E-state index in [0.717, 1.165) is 38.9 Å². The van der Waals surface area contributed by atoms with Gasteiger partial charge in [-0.25, -0.2) is 4.68 Å². The number of benzene rings is 2. The van der Waals surface area contributed by atoms with Crippen LogP contribution in [0.2, 0.25) is 0 Å². The van der Waals surface area contributed by atoms with E-state index in [0.29, 0.717) is 0 Å². The first-order valence-electron chi connectivity index (χ1n) is 6.82. The van der Waals surface area contributed by atoms with Crippen LogP contribution in [-0.4, -0.2) is 14.8 Å². The molecule has 102 valence electrons. The zero-order chi connectivity index (χ0) is 14.4. The Bertz CT molecular complexity index is 969. The molecule has 4 rings (SSSR count). The molecule has 2 aromatic heterocycles. The summed E-state index contributed by atoms with van der Waals surface area (Å²) in [5.41, 5.74) is 10.6. The number of nitrogen functional groups attached to an aromatic ring is 1. The Kier molecular flexibility index (Phi) is 2.44. The summed E-state index contributed by atoms with van der Waals surface area (Å²) in [6.07, 6.45) is 1.86. The second kappa shape index (κ2) is 4.31. The van der Waals surface area contributed by atoms with Gasteiger partial charge in [0.25, 0.3) is 0 Å². The van der Waals surface area contributed by atoms with Gasteiger partial charge in [0.1, 0.15) is 0 Å². The van der Waals surface area contributed by atoms with Crippen LogP contribution < -0.4 is 5.73 Å². The van der Waals surface area contributed by atoms with Gasteiger partial charge in [-0.15, -0.1) is 0 Å². The number of fused-ring (bicyclic) bond motifs is 2. The molecule has 4 heteroatoms. The van der Waals surface area contributed by atoms with Crippen LogP contribution in [0.3, 0.4) is 0 Å². The second-order valence-electron chi connectivity index (χ2n) is 5.17. The topological polar surface area (TPSA) is 56.7 Å². The van der Waals surface area contributed by atoms with Gasteiger partial charge in [-0.2, -0.15) is 5.10 Å². The molecule has 0 unspecified atom stereocenters. The lowest BCUT2D eigenvalue weighted by molar-refractivity contribution is 0.914. The highest BCUT2D eigenvalue weighted by atomic mass is 15.3. The number of aromatic nitrogens is 3. The maximum Gasteiger partial charge on any atom is 0.0764 e. The zero-order valence-corrected chi connectivity index (χ0v) is 11.6. The summed E-state index contributed by atoms with van der Waals surface area (Å²) in [6.45, 7) is 2.00. The van der Waals surface area contributed by atoms with Gasteiger partial charge in [0.2, 0.25) is 0 Å². The third kappa shape index (κ3) is 1.84. The fraction of sp³-hybridized carbons (Fsp3) is 0.0588. The minimum atomic E-state index is 0.735.